The molecule has 0 saturated heterocycles. The van der Waals surface area contributed by atoms with Gasteiger partial charge in [0.2, 0.25) is 0 Å². The van der Waals surface area contributed by atoms with Crippen molar-refractivity contribution in [1.29, 1.82) is 0 Å². The molecule has 2 atom stereocenters. The third kappa shape index (κ3) is 18.2. The fourth-order valence-corrected chi connectivity index (χ4v) is 2.75. The maximum atomic E-state index is 3.55. The number of hydrogen-bond acceptors (Lipinski definition) is 1. The first kappa shape index (κ1) is 23.5. The quantitative estimate of drug-likeness (QED) is 0.362. The monoisotopic (exact) mass is 319 g/mol. The van der Waals surface area contributed by atoms with Crippen molar-refractivity contribution in [1.82, 2.24) is 5.32 Å². The van der Waals surface area contributed by atoms with Crippen LogP contribution in [0.5, 0.6) is 0 Å². The molecule has 0 radical (unpaired) electrons. The minimum atomic E-state index is 0. The van der Waals surface area contributed by atoms with Gasteiger partial charge in [0, 0.05) is 0 Å². The number of hydrogen-bond donors (Lipinski definition) is 1. The molecule has 2 unspecified atom stereocenters. The van der Waals surface area contributed by atoms with Crippen molar-refractivity contribution < 1.29 is 0 Å². The molecule has 1 nitrogen and oxygen atoms in total. The molecule has 2 heteroatoms. The summed E-state index contributed by atoms with van der Waals surface area (Å²) in [6.07, 6.45) is 12.5. The molecule has 0 bridgehead atoms. The van der Waals surface area contributed by atoms with Crippen molar-refractivity contribution in [3.8, 4) is 0 Å². The van der Waals surface area contributed by atoms with Crippen molar-refractivity contribution in [3.63, 3.8) is 0 Å². The second kappa shape index (κ2) is 16.6. The Labute approximate surface area is 141 Å². The van der Waals surface area contributed by atoms with Gasteiger partial charge in [-0.1, -0.05) is 79.6 Å². The van der Waals surface area contributed by atoms with Crippen LogP contribution in [0, 0.1) is 17.8 Å². The highest BCUT2D eigenvalue weighted by molar-refractivity contribution is 5.85. The Hall–Kier alpha value is 0.250. The molecule has 0 aromatic heterocycles. The Morgan fingerprint density at radius 2 is 1.19 bits per heavy atom. The molecule has 0 rings (SSSR count). The van der Waals surface area contributed by atoms with Crippen molar-refractivity contribution in [2.75, 3.05) is 13.1 Å². The van der Waals surface area contributed by atoms with Gasteiger partial charge in [0.1, 0.15) is 0 Å². The summed E-state index contributed by atoms with van der Waals surface area (Å²) in [6.45, 7) is 14.2. The second-order valence-corrected chi connectivity index (χ2v) is 7.36. The molecule has 0 amide bonds. The fraction of sp³-hybridized carbons (Fsp3) is 1.00. The summed E-state index contributed by atoms with van der Waals surface area (Å²) in [6, 6.07) is 0. The molecule has 130 valence electrons. The number of unbranched alkanes of at least 4 members (excludes halogenated alkanes) is 1. The Morgan fingerprint density at radius 1 is 0.667 bits per heavy atom. The standard InChI is InChI=1S/C19H41N.ClH/c1-6-7-15-20-16-14-19(5)13-9-12-18(4)11-8-10-17(2)3;/h17-20H,6-16H2,1-5H3;1H. The van der Waals surface area contributed by atoms with Crippen LogP contribution in [0.25, 0.3) is 0 Å². The summed E-state index contributed by atoms with van der Waals surface area (Å²) < 4.78 is 0. The van der Waals surface area contributed by atoms with Gasteiger partial charge < -0.3 is 5.32 Å². The summed E-state index contributed by atoms with van der Waals surface area (Å²) in [5.41, 5.74) is 0. The zero-order valence-corrected chi connectivity index (χ0v) is 16.2. The van der Waals surface area contributed by atoms with Gasteiger partial charge in [-0.2, -0.15) is 0 Å². The molecule has 1 N–H and O–H groups in total. The molecular weight excluding hydrogens is 278 g/mol. The van der Waals surface area contributed by atoms with Gasteiger partial charge in [0.25, 0.3) is 0 Å². The zero-order chi connectivity index (χ0) is 15.2. The Balaban J connectivity index is 0. The van der Waals surface area contributed by atoms with Crippen molar-refractivity contribution in [3.05, 3.63) is 0 Å². The maximum Gasteiger partial charge on any atom is -0.00464 e. The van der Waals surface area contributed by atoms with Crippen LogP contribution in [-0.4, -0.2) is 13.1 Å². The van der Waals surface area contributed by atoms with E-state index in [0.717, 1.165) is 17.8 Å². The topological polar surface area (TPSA) is 12.0 Å². The predicted molar refractivity (Wildman–Crippen MR) is 101 cm³/mol. The molecule has 0 aliphatic rings. The lowest BCUT2D eigenvalue weighted by atomic mass is 9.92. The second-order valence-electron chi connectivity index (χ2n) is 7.36. The van der Waals surface area contributed by atoms with E-state index >= 15 is 0 Å². The van der Waals surface area contributed by atoms with Crippen LogP contribution >= 0.6 is 12.4 Å². The van der Waals surface area contributed by atoms with Gasteiger partial charge in [-0.15, -0.1) is 12.4 Å². The van der Waals surface area contributed by atoms with Crippen LogP contribution in [-0.2, 0) is 0 Å². The number of halogens is 1. The zero-order valence-electron chi connectivity index (χ0n) is 15.4. The smallest absolute Gasteiger partial charge is 0.00464 e. The van der Waals surface area contributed by atoms with E-state index in [9.17, 15) is 0 Å². The van der Waals surface area contributed by atoms with Gasteiger partial charge in [0.15, 0.2) is 0 Å². The van der Waals surface area contributed by atoms with Crippen LogP contribution in [0.1, 0.15) is 92.4 Å². The Morgan fingerprint density at radius 3 is 1.71 bits per heavy atom. The highest BCUT2D eigenvalue weighted by Gasteiger charge is 2.06. The van der Waals surface area contributed by atoms with Crippen LogP contribution in [0.3, 0.4) is 0 Å². The third-order valence-electron chi connectivity index (χ3n) is 4.39. The highest BCUT2D eigenvalue weighted by atomic mass is 35.5. The van der Waals surface area contributed by atoms with Crippen LogP contribution < -0.4 is 5.32 Å². The molecular formula is C19H42ClN. The predicted octanol–water partition coefficient (Wildman–Crippen LogP) is 6.46. The maximum absolute atomic E-state index is 3.55. The fourth-order valence-electron chi connectivity index (χ4n) is 2.75. The molecule has 0 spiro atoms. The van der Waals surface area contributed by atoms with Gasteiger partial charge in [-0.3, -0.25) is 0 Å². The summed E-state index contributed by atoms with van der Waals surface area (Å²) in [4.78, 5) is 0. The summed E-state index contributed by atoms with van der Waals surface area (Å²) >= 11 is 0. The highest BCUT2D eigenvalue weighted by Crippen LogP contribution is 2.20. The molecule has 0 heterocycles. The van der Waals surface area contributed by atoms with Crippen molar-refractivity contribution in [2.24, 2.45) is 17.8 Å². The van der Waals surface area contributed by atoms with Gasteiger partial charge in [0.05, 0.1) is 0 Å². The molecule has 0 saturated carbocycles. The van der Waals surface area contributed by atoms with E-state index in [0.29, 0.717) is 0 Å². The van der Waals surface area contributed by atoms with Crippen molar-refractivity contribution >= 4 is 12.4 Å². The van der Waals surface area contributed by atoms with Gasteiger partial charge >= 0.3 is 0 Å². The first-order valence-corrected chi connectivity index (χ1v) is 9.26. The Kier molecular flexibility index (Phi) is 18.6. The lowest BCUT2D eigenvalue weighted by Crippen LogP contribution is -2.18. The largest absolute Gasteiger partial charge is 0.317 e. The van der Waals surface area contributed by atoms with Crippen LogP contribution in [0.15, 0.2) is 0 Å². The normalized spacial score (nSPS) is 14.0. The Bertz CT molecular complexity index is 194. The summed E-state index contributed by atoms with van der Waals surface area (Å²) in [5, 5.41) is 3.55. The number of nitrogens with one attached hydrogen (secondary N) is 1. The van der Waals surface area contributed by atoms with E-state index in [1.807, 2.05) is 0 Å². The molecule has 21 heavy (non-hydrogen) atoms. The minimum Gasteiger partial charge on any atom is -0.317 e. The van der Waals surface area contributed by atoms with E-state index in [1.165, 1.54) is 70.9 Å². The van der Waals surface area contributed by atoms with E-state index in [4.69, 9.17) is 0 Å². The van der Waals surface area contributed by atoms with Crippen LogP contribution in [0.4, 0.5) is 0 Å². The molecule has 0 aromatic carbocycles. The van der Waals surface area contributed by atoms with E-state index in [-0.39, 0.29) is 12.4 Å². The van der Waals surface area contributed by atoms with E-state index < -0.39 is 0 Å². The summed E-state index contributed by atoms with van der Waals surface area (Å²) in [7, 11) is 0. The number of rotatable bonds is 14. The lowest BCUT2D eigenvalue weighted by Gasteiger charge is -2.15. The SMILES string of the molecule is CCCCNCCC(C)CCCC(C)CCCC(C)C.Cl. The molecule has 0 aliphatic carbocycles. The molecule has 0 aliphatic heterocycles. The molecule has 0 aromatic rings. The third-order valence-corrected chi connectivity index (χ3v) is 4.39. The average Bonchev–Trinajstić information content (AvgIpc) is 2.38. The van der Waals surface area contributed by atoms with E-state index in [2.05, 4.69) is 39.9 Å². The summed E-state index contributed by atoms with van der Waals surface area (Å²) in [5.74, 6) is 2.71. The van der Waals surface area contributed by atoms with Crippen molar-refractivity contribution in [2.45, 2.75) is 92.4 Å². The van der Waals surface area contributed by atoms with Gasteiger partial charge in [-0.25, -0.2) is 0 Å². The van der Waals surface area contributed by atoms with Crippen LogP contribution in [0.2, 0.25) is 0 Å². The molecule has 0 fully saturated rings. The first-order valence-electron chi connectivity index (χ1n) is 9.26. The minimum absolute atomic E-state index is 0. The lowest BCUT2D eigenvalue weighted by molar-refractivity contribution is 0.389. The average molecular weight is 320 g/mol. The first-order chi connectivity index (χ1) is 9.56. The van der Waals surface area contributed by atoms with Gasteiger partial charge in [-0.05, 0) is 43.7 Å². The van der Waals surface area contributed by atoms with E-state index in [1.54, 1.807) is 0 Å².